The molecule has 2 rings (SSSR count). The van der Waals surface area contributed by atoms with Crippen LogP contribution >= 0.6 is 0 Å². The van der Waals surface area contributed by atoms with Crippen LogP contribution < -0.4 is 5.73 Å². The van der Waals surface area contributed by atoms with Crippen molar-refractivity contribution >= 4 is 21.8 Å². The molecule has 1 aromatic rings. The van der Waals surface area contributed by atoms with Crippen LogP contribution in [-0.4, -0.2) is 42.2 Å². The van der Waals surface area contributed by atoms with Crippen molar-refractivity contribution in [3.63, 3.8) is 0 Å². The van der Waals surface area contributed by atoms with Crippen LogP contribution in [0.1, 0.15) is 19.3 Å². The Hall–Kier alpha value is -1.80. The Morgan fingerprint density at radius 1 is 1.30 bits per heavy atom. The Labute approximate surface area is 117 Å². The van der Waals surface area contributed by atoms with Gasteiger partial charge in [-0.1, -0.05) is 6.07 Å². The number of nitrogens with zero attached hydrogens (tertiary/aromatic N) is 2. The van der Waals surface area contributed by atoms with E-state index >= 15 is 0 Å². The lowest BCUT2D eigenvalue weighted by molar-refractivity contribution is -0.710. The summed E-state index contributed by atoms with van der Waals surface area (Å²) in [5, 5.41) is -0.242. The SMILES string of the molecule is NC(=O)[N+]1(S(=O)(=O)c2ccccn2)CCCCC(=O)C1. The molecule has 8 heteroatoms. The molecule has 20 heavy (non-hydrogen) atoms. The third-order valence-electron chi connectivity index (χ3n) is 3.42. The number of Topliss-reactive ketones (excluding diaryl/α,β-unsaturated/α-hetero) is 1. The van der Waals surface area contributed by atoms with E-state index in [-0.39, 0.29) is 23.8 Å². The summed E-state index contributed by atoms with van der Waals surface area (Å²) in [4.78, 5) is 27.4. The third kappa shape index (κ3) is 2.32. The van der Waals surface area contributed by atoms with Gasteiger partial charge in [0.25, 0.3) is 0 Å². The van der Waals surface area contributed by atoms with Gasteiger partial charge in [-0.25, -0.2) is 9.78 Å². The molecule has 0 radical (unpaired) electrons. The second-order valence-electron chi connectivity index (χ2n) is 4.75. The van der Waals surface area contributed by atoms with E-state index in [0.29, 0.717) is 12.8 Å². The molecule has 1 fully saturated rings. The van der Waals surface area contributed by atoms with Crippen LogP contribution in [0.5, 0.6) is 0 Å². The normalized spacial score (nSPS) is 24.1. The highest BCUT2D eigenvalue weighted by Gasteiger charge is 2.51. The average molecular weight is 298 g/mol. The summed E-state index contributed by atoms with van der Waals surface area (Å²) in [6, 6.07) is 3.34. The summed E-state index contributed by atoms with van der Waals surface area (Å²) in [6.45, 7) is -0.422. The molecule has 1 aromatic heterocycles. The molecule has 0 spiro atoms. The summed E-state index contributed by atoms with van der Waals surface area (Å²) in [5.41, 5.74) is 5.33. The summed E-state index contributed by atoms with van der Waals surface area (Å²) in [5.74, 6) is -0.277. The lowest BCUT2D eigenvalue weighted by Crippen LogP contribution is -2.61. The molecule has 2 N–H and O–H groups in total. The van der Waals surface area contributed by atoms with Crippen LogP contribution in [0, 0.1) is 0 Å². The van der Waals surface area contributed by atoms with Crippen molar-refractivity contribution in [3.05, 3.63) is 24.4 Å². The standard InChI is InChI=1S/C12H15N3O4S/c13-12(17)15(8-4-2-5-10(16)9-15)20(18,19)11-6-1-3-7-14-11/h1,3,6-7H,2,4-5,8-9H2,(H-,13,17)/p+1. The monoisotopic (exact) mass is 298 g/mol. The van der Waals surface area contributed by atoms with Gasteiger partial charge in [0.2, 0.25) is 5.03 Å². The minimum atomic E-state index is -4.15. The van der Waals surface area contributed by atoms with E-state index in [4.69, 9.17) is 5.73 Å². The van der Waals surface area contributed by atoms with Crippen molar-refractivity contribution in [2.75, 3.05) is 13.1 Å². The van der Waals surface area contributed by atoms with E-state index in [1.54, 1.807) is 6.07 Å². The number of pyridine rings is 1. The highest BCUT2D eigenvalue weighted by Crippen LogP contribution is 2.26. The van der Waals surface area contributed by atoms with Gasteiger partial charge < -0.3 is 5.73 Å². The van der Waals surface area contributed by atoms with Crippen LogP contribution in [0.4, 0.5) is 4.79 Å². The fourth-order valence-electron chi connectivity index (χ4n) is 2.32. The number of amides is 2. The predicted octanol–water partition coefficient (Wildman–Crippen LogP) is 0.419. The van der Waals surface area contributed by atoms with Gasteiger partial charge in [0, 0.05) is 12.6 Å². The Morgan fingerprint density at radius 2 is 2.05 bits per heavy atom. The molecule has 0 saturated carbocycles. The van der Waals surface area contributed by atoms with Crippen LogP contribution in [0.2, 0.25) is 0 Å². The van der Waals surface area contributed by atoms with E-state index in [1.165, 1.54) is 18.3 Å². The maximum absolute atomic E-state index is 12.7. The van der Waals surface area contributed by atoms with Crippen molar-refractivity contribution in [2.24, 2.45) is 5.73 Å². The first-order valence-electron chi connectivity index (χ1n) is 6.25. The van der Waals surface area contributed by atoms with Gasteiger partial charge in [-0.15, -0.1) is 3.89 Å². The summed E-state index contributed by atoms with van der Waals surface area (Å²) >= 11 is 0. The molecule has 1 unspecified atom stereocenters. The number of hydrogen-bond acceptors (Lipinski definition) is 5. The van der Waals surface area contributed by atoms with Gasteiger partial charge in [-0.3, -0.25) is 4.79 Å². The third-order valence-corrected chi connectivity index (χ3v) is 5.60. The average Bonchev–Trinajstić information content (AvgIpc) is 2.62. The lowest BCUT2D eigenvalue weighted by Gasteiger charge is -2.29. The molecule has 0 aliphatic carbocycles. The van der Waals surface area contributed by atoms with Crippen LogP contribution in [0.15, 0.2) is 29.4 Å². The zero-order valence-corrected chi connectivity index (χ0v) is 11.7. The summed E-state index contributed by atoms with van der Waals surface area (Å²) in [7, 11) is -4.15. The number of carbonyl (C=O) groups excluding carboxylic acids is 2. The number of aromatic nitrogens is 1. The Kier molecular flexibility index (Phi) is 3.87. The highest BCUT2D eigenvalue weighted by molar-refractivity contribution is 7.86. The molecule has 1 aliphatic heterocycles. The molecule has 1 saturated heterocycles. The van der Waals surface area contributed by atoms with E-state index in [1.807, 2.05) is 0 Å². The number of sulfonamides is 1. The zero-order valence-electron chi connectivity index (χ0n) is 10.9. The van der Waals surface area contributed by atoms with Gasteiger partial charge in [-0.2, -0.15) is 8.42 Å². The number of urea groups is 1. The number of quaternary nitrogens is 1. The fraction of sp³-hybridized carbons (Fsp3) is 0.417. The van der Waals surface area contributed by atoms with E-state index in [9.17, 15) is 18.0 Å². The van der Waals surface area contributed by atoms with E-state index < -0.39 is 26.5 Å². The van der Waals surface area contributed by atoms with Crippen molar-refractivity contribution in [3.8, 4) is 0 Å². The maximum Gasteiger partial charge on any atom is 0.430 e. The van der Waals surface area contributed by atoms with Gasteiger partial charge >= 0.3 is 16.1 Å². The first-order chi connectivity index (χ1) is 9.40. The zero-order chi connectivity index (χ0) is 14.8. The molecule has 2 amide bonds. The van der Waals surface area contributed by atoms with Gasteiger partial charge in [0.15, 0.2) is 12.3 Å². The first-order valence-corrected chi connectivity index (χ1v) is 7.69. The molecule has 7 nitrogen and oxygen atoms in total. The lowest BCUT2D eigenvalue weighted by atomic mass is 10.2. The predicted molar refractivity (Wildman–Crippen MR) is 69.9 cm³/mol. The topological polar surface area (TPSA) is 107 Å². The summed E-state index contributed by atoms with van der Waals surface area (Å²) in [6.07, 6.45) is 2.60. The smallest absolute Gasteiger partial charge is 0.318 e. The fourth-order valence-corrected chi connectivity index (χ4v) is 4.05. The van der Waals surface area contributed by atoms with Crippen molar-refractivity contribution in [1.29, 1.82) is 0 Å². The van der Waals surface area contributed by atoms with Crippen molar-refractivity contribution in [2.45, 2.75) is 24.3 Å². The second kappa shape index (κ2) is 5.29. The molecule has 1 aliphatic rings. The van der Waals surface area contributed by atoms with Crippen molar-refractivity contribution in [1.82, 2.24) is 4.98 Å². The first kappa shape index (κ1) is 14.6. The maximum atomic E-state index is 12.7. The van der Waals surface area contributed by atoms with Crippen LogP contribution in [0.25, 0.3) is 0 Å². The van der Waals surface area contributed by atoms with Crippen LogP contribution in [0.3, 0.4) is 0 Å². The largest absolute Gasteiger partial charge is 0.430 e. The number of rotatable bonds is 2. The number of likely N-dealkylation sites (tertiary alicyclic amines) is 1. The Morgan fingerprint density at radius 3 is 2.65 bits per heavy atom. The molecular weight excluding hydrogens is 282 g/mol. The Bertz CT molecular complexity index is 629. The molecular formula is C12H16N3O4S+. The molecule has 2 heterocycles. The van der Waals surface area contributed by atoms with E-state index in [0.717, 1.165) is 0 Å². The van der Waals surface area contributed by atoms with Gasteiger partial charge in [0.05, 0.1) is 0 Å². The highest BCUT2D eigenvalue weighted by atomic mass is 32.2. The van der Waals surface area contributed by atoms with E-state index in [2.05, 4.69) is 4.98 Å². The van der Waals surface area contributed by atoms with Gasteiger partial charge in [-0.05, 0) is 25.0 Å². The number of ketones is 1. The van der Waals surface area contributed by atoms with Gasteiger partial charge in [0.1, 0.15) is 6.54 Å². The molecule has 108 valence electrons. The summed E-state index contributed by atoms with van der Waals surface area (Å²) < 4.78 is 24.3. The number of nitrogens with two attached hydrogens (primary N) is 1. The van der Waals surface area contributed by atoms with Crippen LogP contribution in [-0.2, 0) is 14.8 Å². The quantitative estimate of drug-likeness (QED) is 0.796. The minimum Gasteiger partial charge on any atom is -0.318 e. The number of hydrogen-bond donors (Lipinski definition) is 1. The second-order valence-corrected chi connectivity index (χ2v) is 6.82. The number of primary amides is 1. The minimum absolute atomic E-state index is 0.0000189. The molecule has 1 atom stereocenters. The molecule has 0 aromatic carbocycles. The van der Waals surface area contributed by atoms with Crippen molar-refractivity contribution < 1.29 is 21.9 Å². The molecule has 0 bridgehead atoms. The number of carbonyl (C=O) groups is 2. The Balaban J connectivity index is 2.58.